The second-order valence-electron chi connectivity index (χ2n) is 4.36. The standard InChI is InChI=1S/C14H16N4O2/c1-3-8-15-14(20)18(2)9-12-16-11-7-5-4-6-10(11)13(19)17-12/h3-7H,1,8-9H2,2H3,(H,15,20)(H,16,17,19). The van der Waals surface area contributed by atoms with Crippen LogP contribution in [0.2, 0.25) is 0 Å². The van der Waals surface area contributed by atoms with Gasteiger partial charge in [0.2, 0.25) is 0 Å². The largest absolute Gasteiger partial charge is 0.335 e. The smallest absolute Gasteiger partial charge is 0.317 e. The molecule has 2 N–H and O–H groups in total. The van der Waals surface area contributed by atoms with Crippen LogP contribution in [0.25, 0.3) is 10.9 Å². The van der Waals surface area contributed by atoms with Gasteiger partial charge in [0.05, 0.1) is 17.4 Å². The molecule has 0 saturated carbocycles. The summed E-state index contributed by atoms with van der Waals surface area (Å²) in [5.74, 6) is 0.449. The molecule has 1 aromatic carbocycles. The Kier molecular flexibility index (Phi) is 4.14. The van der Waals surface area contributed by atoms with E-state index in [9.17, 15) is 9.59 Å². The zero-order valence-corrected chi connectivity index (χ0v) is 11.2. The Bertz CT molecular complexity index is 693. The third-order valence-corrected chi connectivity index (χ3v) is 2.79. The molecule has 0 spiro atoms. The molecule has 20 heavy (non-hydrogen) atoms. The highest BCUT2D eigenvalue weighted by Crippen LogP contribution is 2.06. The Morgan fingerprint density at radius 2 is 2.25 bits per heavy atom. The van der Waals surface area contributed by atoms with Crippen LogP contribution in [0.3, 0.4) is 0 Å². The number of hydrogen-bond acceptors (Lipinski definition) is 3. The van der Waals surface area contributed by atoms with Gasteiger partial charge in [0.25, 0.3) is 5.56 Å². The fourth-order valence-electron chi connectivity index (χ4n) is 1.80. The zero-order valence-electron chi connectivity index (χ0n) is 11.2. The second kappa shape index (κ2) is 6.01. The Morgan fingerprint density at radius 3 is 3.00 bits per heavy atom. The summed E-state index contributed by atoms with van der Waals surface area (Å²) in [6.07, 6.45) is 1.60. The molecule has 2 rings (SSSR count). The van der Waals surface area contributed by atoms with Crippen molar-refractivity contribution in [3.63, 3.8) is 0 Å². The number of nitrogens with one attached hydrogen (secondary N) is 2. The van der Waals surface area contributed by atoms with Crippen molar-refractivity contribution in [1.82, 2.24) is 20.2 Å². The maximum Gasteiger partial charge on any atom is 0.317 e. The maximum absolute atomic E-state index is 11.9. The van der Waals surface area contributed by atoms with Crippen molar-refractivity contribution < 1.29 is 4.79 Å². The van der Waals surface area contributed by atoms with Crippen molar-refractivity contribution in [2.24, 2.45) is 0 Å². The third kappa shape index (κ3) is 3.03. The van der Waals surface area contributed by atoms with Gasteiger partial charge in [0.15, 0.2) is 0 Å². The summed E-state index contributed by atoms with van der Waals surface area (Å²) in [6.45, 7) is 4.15. The molecule has 0 unspecified atom stereocenters. The summed E-state index contributed by atoms with van der Waals surface area (Å²) in [5, 5.41) is 3.19. The van der Waals surface area contributed by atoms with Crippen LogP contribution in [0.1, 0.15) is 5.82 Å². The van der Waals surface area contributed by atoms with Gasteiger partial charge in [0.1, 0.15) is 5.82 Å². The number of aromatic nitrogens is 2. The molecule has 0 aliphatic heterocycles. The van der Waals surface area contributed by atoms with Gasteiger partial charge in [-0.15, -0.1) is 6.58 Å². The number of fused-ring (bicyclic) bond motifs is 1. The Morgan fingerprint density at radius 1 is 1.50 bits per heavy atom. The summed E-state index contributed by atoms with van der Waals surface area (Å²) in [6, 6.07) is 6.84. The molecule has 6 heteroatoms. The highest BCUT2D eigenvalue weighted by Gasteiger charge is 2.10. The average molecular weight is 272 g/mol. The predicted octanol–water partition coefficient (Wildman–Crippen LogP) is 1.25. The van der Waals surface area contributed by atoms with Gasteiger partial charge >= 0.3 is 6.03 Å². The molecule has 0 saturated heterocycles. The maximum atomic E-state index is 11.9. The first kappa shape index (κ1) is 13.8. The highest BCUT2D eigenvalue weighted by atomic mass is 16.2. The topological polar surface area (TPSA) is 78.1 Å². The molecule has 6 nitrogen and oxygen atoms in total. The van der Waals surface area contributed by atoms with E-state index in [4.69, 9.17) is 0 Å². The normalized spacial score (nSPS) is 10.2. The lowest BCUT2D eigenvalue weighted by molar-refractivity contribution is 0.207. The third-order valence-electron chi connectivity index (χ3n) is 2.79. The predicted molar refractivity (Wildman–Crippen MR) is 77.4 cm³/mol. The van der Waals surface area contributed by atoms with Crippen LogP contribution >= 0.6 is 0 Å². The van der Waals surface area contributed by atoms with Gasteiger partial charge in [-0.05, 0) is 12.1 Å². The van der Waals surface area contributed by atoms with Crippen molar-refractivity contribution in [3.8, 4) is 0 Å². The van der Waals surface area contributed by atoms with Gasteiger partial charge in [-0.1, -0.05) is 18.2 Å². The fraction of sp³-hybridized carbons (Fsp3) is 0.214. The quantitative estimate of drug-likeness (QED) is 0.822. The lowest BCUT2D eigenvalue weighted by Crippen LogP contribution is -2.37. The molecular formula is C14H16N4O2. The van der Waals surface area contributed by atoms with Gasteiger partial charge in [-0.2, -0.15) is 0 Å². The number of H-pyrrole nitrogens is 1. The zero-order chi connectivity index (χ0) is 14.5. The lowest BCUT2D eigenvalue weighted by Gasteiger charge is -2.16. The number of hydrogen-bond donors (Lipinski definition) is 2. The summed E-state index contributed by atoms with van der Waals surface area (Å²) in [7, 11) is 1.63. The van der Waals surface area contributed by atoms with Crippen molar-refractivity contribution in [2.75, 3.05) is 13.6 Å². The summed E-state index contributed by atoms with van der Waals surface area (Å²) in [4.78, 5) is 32.1. The molecule has 0 radical (unpaired) electrons. The lowest BCUT2D eigenvalue weighted by atomic mass is 10.2. The molecule has 2 amide bonds. The molecule has 1 aromatic heterocycles. The minimum Gasteiger partial charge on any atom is -0.335 e. The van der Waals surface area contributed by atoms with Crippen LogP contribution in [-0.2, 0) is 6.54 Å². The molecule has 0 fully saturated rings. The molecule has 1 heterocycles. The van der Waals surface area contributed by atoms with Gasteiger partial charge < -0.3 is 15.2 Å². The number of para-hydroxylation sites is 1. The number of rotatable bonds is 4. The average Bonchev–Trinajstić information content (AvgIpc) is 2.44. The molecule has 0 aliphatic rings. The van der Waals surface area contributed by atoms with E-state index in [-0.39, 0.29) is 18.1 Å². The SMILES string of the molecule is C=CCNC(=O)N(C)Cc1nc2ccccc2c(=O)[nH]1. The van der Waals surface area contributed by atoms with Gasteiger partial charge in [-0.25, -0.2) is 9.78 Å². The van der Waals surface area contributed by atoms with Crippen LogP contribution in [-0.4, -0.2) is 34.5 Å². The monoisotopic (exact) mass is 272 g/mol. The summed E-state index contributed by atoms with van der Waals surface area (Å²) < 4.78 is 0. The summed E-state index contributed by atoms with van der Waals surface area (Å²) in [5.41, 5.74) is 0.414. The van der Waals surface area contributed by atoms with E-state index in [0.717, 1.165) is 0 Å². The van der Waals surface area contributed by atoms with E-state index in [1.807, 2.05) is 6.07 Å². The number of carbonyl (C=O) groups is 1. The number of urea groups is 1. The van der Waals surface area contributed by atoms with E-state index >= 15 is 0 Å². The Balaban J connectivity index is 2.19. The molecule has 0 atom stereocenters. The molecule has 2 aromatic rings. The van der Waals surface area contributed by atoms with E-state index in [1.54, 1.807) is 31.3 Å². The molecule has 104 valence electrons. The molecular weight excluding hydrogens is 256 g/mol. The minimum atomic E-state index is -0.249. The van der Waals surface area contributed by atoms with Crippen molar-refractivity contribution >= 4 is 16.9 Å². The fourth-order valence-corrected chi connectivity index (χ4v) is 1.80. The van der Waals surface area contributed by atoms with Crippen molar-refractivity contribution in [1.29, 1.82) is 0 Å². The second-order valence-corrected chi connectivity index (χ2v) is 4.36. The van der Waals surface area contributed by atoms with Crippen LogP contribution in [0.4, 0.5) is 4.79 Å². The van der Waals surface area contributed by atoms with Crippen LogP contribution in [0.15, 0.2) is 41.7 Å². The molecule has 0 aliphatic carbocycles. The van der Waals surface area contributed by atoms with Crippen LogP contribution < -0.4 is 10.9 Å². The first-order valence-electron chi connectivity index (χ1n) is 6.19. The summed E-state index contributed by atoms with van der Waals surface area (Å²) >= 11 is 0. The number of benzene rings is 1. The Labute approximate surface area is 116 Å². The van der Waals surface area contributed by atoms with Gasteiger partial charge in [0, 0.05) is 13.6 Å². The minimum absolute atomic E-state index is 0.203. The van der Waals surface area contributed by atoms with E-state index in [1.165, 1.54) is 4.90 Å². The van der Waals surface area contributed by atoms with Gasteiger partial charge in [-0.3, -0.25) is 4.79 Å². The van der Waals surface area contributed by atoms with E-state index in [2.05, 4.69) is 21.9 Å². The number of carbonyl (C=O) groups excluding carboxylic acids is 1. The first-order chi connectivity index (χ1) is 9.61. The van der Waals surface area contributed by atoms with Crippen LogP contribution in [0, 0.1) is 0 Å². The van der Waals surface area contributed by atoms with Crippen LogP contribution in [0.5, 0.6) is 0 Å². The van der Waals surface area contributed by atoms with Crippen molar-refractivity contribution in [3.05, 3.63) is 53.1 Å². The number of amides is 2. The van der Waals surface area contributed by atoms with Crippen molar-refractivity contribution in [2.45, 2.75) is 6.54 Å². The highest BCUT2D eigenvalue weighted by molar-refractivity contribution is 5.77. The van der Waals surface area contributed by atoms with E-state index in [0.29, 0.717) is 23.3 Å². The number of aromatic amines is 1. The number of nitrogens with zero attached hydrogens (tertiary/aromatic N) is 2. The first-order valence-corrected chi connectivity index (χ1v) is 6.19. The van der Waals surface area contributed by atoms with E-state index < -0.39 is 0 Å². The molecule has 0 bridgehead atoms. The Hall–Kier alpha value is -2.63.